The summed E-state index contributed by atoms with van der Waals surface area (Å²) in [5.41, 5.74) is 0.671. The van der Waals surface area contributed by atoms with Crippen LogP contribution in [0.5, 0.6) is 0 Å². The molecule has 0 spiro atoms. The maximum absolute atomic E-state index is 11.2. The number of sulfonamides is 1. The molecule has 0 bridgehead atoms. The van der Waals surface area contributed by atoms with Crippen molar-refractivity contribution in [3.8, 4) is 6.07 Å². The van der Waals surface area contributed by atoms with Crippen LogP contribution < -0.4 is 10.5 Å². The van der Waals surface area contributed by atoms with Gasteiger partial charge in [-0.3, -0.25) is 0 Å². The molecular formula is C13H19N3O2S. The molecule has 0 amide bonds. The van der Waals surface area contributed by atoms with Crippen LogP contribution in [0.15, 0.2) is 29.2 Å². The van der Waals surface area contributed by atoms with Crippen molar-refractivity contribution in [2.75, 3.05) is 11.9 Å². The van der Waals surface area contributed by atoms with Gasteiger partial charge in [-0.15, -0.1) is 0 Å². The number of benzene rings is 1. The second-order valence-electron chi connectivity index (χ2n) is 5.25. The molecule has 0 aliphatic carbocycles. The highest BCUT2D eigenvalue weighted by Crippen LogP contribution is 2.23. The summed E-state index contributed by atoms with van der Waals surface area (Å²) in [7, 11) is -3.68. The van der Waals surface area contributed by atoms with Crippen LogP contribution in [0.25, 0.3) is 0 Å². The molecule has 0 unspecified atom stereocenters. The van der Waals surface area contributed by atoms with E-state index in [0.29, 0.717) is 18.7 Å². The second kappa shape index (κ2) is 6.04. The first-order chi connectivity index (χ1) is 8.74. The highest BCUT2D eigenvalue weighted by Gasteiger charge is 2.17. The SMILES string of the molecule is CC(C)(CCC#N)CNc1cccc(S(N)(=O)=O)c1. The molecule has 0 saturated heterocycles. The second-order valence-corrected chi connectivity index (χ2v) is 6.81. The van der Waals surface area contributed by atoms with Crippen molar-refractivity contribution in [1.82, 2.24) is 0 Å². The largest absolute Gasteiger partial charge is 0.384 e. The number of primary sulfonamides is 1. The number of hydrogen-bond donors (Lipinski definition) is 2. The van der Waals surface area contributed by atoms with E-state index in [1.54, 1.807) is 12.1 Å². The van der Waals surface area contributed by atoms with Crippen molar-refractivity contribution >= 4 is 15.7 Å². The fourth-order valence-electron chi connectivity index (χ4n) is 1.61. The van der Waals surface area contributed by atoms with E-state index in [1.165, 1.54) is 12.1 Å². The van der Waals surface area contributed by atoms with E-state index in [1.807, 2.05) is 0 Å². The van der Waals surface area contributed by atoms with Crippen LogP contribution in [0, 0.1) is 16.7 Å². The van der Waals surface area contributed by atoms with Gasteiger partial charge in [0.05, 0.1) is 11.0 Å². The Hall–Kier alpha value is -1.58. The van der Waals surface area contributed by atoms with Crippen LogP contribution in [0.2, 0.25) is 0 Å². The first kappa shape index (κ1) is 15.5. The molecule has 0 radical (unpaired) electrons. The number of nitrogens with two attached hydrogens (primary N) is 1. The van der Waals surface area contributed by atoms with Gasteiger partial charge in [0, 0.05) is 18.7 Å². The fourth-order valence-corrected chi connectivity index (χ4v) is 2.17. The van der Waals surface area contributed by atoms with Gasteiger partial charge < -0.3 is 5.32 Å². The minimum absolute atomic E-state index is 0.0344. The number of nitriles is 1. The summed E-state index contributed by atoms with van der Waals surface area (Å²) in [6.07, 6.45) is 1.29. The van der Waals surface area contributed by atoms with Crippen molar-refractivity contribution in [3.05, 3.63) is 24.3 Å². The number of hydrogen-bond acceptors (Lipinski definition) is 4. The lowest BCUT2D eigenvalue weighted by Crippen LogP contribution is -2.23. The molecule has 0 aromatic heterocycles. The molecule has 1 aromatic rings. The first-order valence-electron chi connectivity index (χ1n) is 5.98. The Bertz CT molecular complexity index is 574. The smallest absolute Gasteiger partial charge is 0.238 e. The van der Waals surface area contributed by atoms with Gasteiger partial charge in [-0.2, -0.15) is 5.26 Å². The third kappa shape index (κ3) is 5.28. The van der Waals surface area contributed by atoms with Crippen molar-refractivity contribution in [2.45, 2.75) is 31.6 Å². The number of anilines is 1. The summed E-state index contributed by atoms with van der Waals surface area (Å²) in [6, 6.07) is 8.53. The Labute approximate surface area is 114 Å². The van der Waals surface area contributed by atoms with Gasteiger partial charge in [0.15, 0.2) is 0 Å². The monoisotopic (exact) mass is 281 g/mol. The van der Waals surface area contributed by atoms with Crippen LogP contribution >= 0.6 is 0 Å². The van der Waals surface area contributed by atoms with Gasteiger partial charge in [0.2, 0.25) is 10.0 Å². The summed E-state index contributed by atoms with van der Waals surface area (Å²) in [6.45, 7) is 4.77. The number of nitrogens with one attached hydrogen (secondary N) is 1. The Balaban J connectivity index is 2.71. The Morgan fingerprint density at radius 1 is 1.42 bits per heavy atom. The molecule has 19 heavy (non-hydrogen) atoms. The van der Waals surface area contributed by atoms with Gasteiger partial charge in [-0.1, -0.05) is 19.9 Å². The molecule has 3 N–H and O–H groups in total. The van der Waals surface area contributed by atoms with E-state index in [-0.39, 0.29) is 10.3 Å². The predicted molar refractivity (Wildman–Crippen MR) is 74.9 cm³/mol. The summed E-state index contributed by atoms with van der Waals surface area (Å²) < 4.78 is 22.5. The minimum atomic E-state index is -3.68. The zero-order chi connectivity index (χ0) is 14.5. The van der Waals surface area contributed by atoms with Crippen LogP contribution in [-0.4, -0.2) is 15.0 Å². The zero-order valence-electron chi connectivity index (χ0n) is 11.2. The Kier molecular flexibility index (Phi) is 4.92. The Morgan fingerprint density at radius 3 is 2.68 bits per heavy atom. The molecule has 1 aromatic carbocycles. The van der Waals surface area contributed by atoms with Crippen LogP contribution in [0.3, 0.4) is 0 Å². The lowest BCUT2D eigenvalue weighted by molar-refractivity contribution is 0.364. The zero-order valence-corrected chi connectivity index (χ0v) is 12.0. The lowest BCUT2D eigenvalue weighted by Gasteiger charge is -2.24. The van der Waals surface area contributed by atoms with Crippen molar-refractivity contribution in [2.24, 2.45) is 10.6 Å². The van der Waals surface area contributed by atoms with Gasteiger partial charge in [-0.05, 0) is 30.0 Å². The van der Waals surface area contributed by atoms with E-state index < -0.39 is 10.0 Å². The maximum Gasteiger partial charge on any atom is 0.238 e. The van der Waals surface area contributed by atoms with Gasteiger partial charge >= 0.3 is 0 Å². The van der Waals surface area contributed by atoms with Gasteiger partial charge in [0.25, 0.3) is 0 Å². The van der Waals surface area contributed by atoms with Gasteiger partial charge in [0.1, 0.15) is 0 Å². The number of nitrogens with zero attached hydrogens (tertiary/aromatic N) is 1. The molecule has 104 valence electrons. The normalized spacial score (nSPS) is 11.9. The quantitative estimate of drug-likeness (QED) is 0.834. The topological polar surface area (TPSA) is 96.0 Å². The van der Waals surface area contributed by atoms with E-state index in [9.17, 15) is 8.42 Å². The first-order valence-corrected chi connectivity index (χ1v) is 7.53. The molecule has 0 aliphatic heterocycles. The molecule has 0 atom stereocenters. The molecule has 5 nitrogen and oxygen atoms in total. The summed E-state index contributed by atoms with van der Waals surface area (Å²) in [4.78, 5) is 0.0901. The van der Waals surface area contributed by atoms with Gasteiger partial charge in [-0.25, -0.2) is 13.6 Å². The highest BCUT2D eigenvalue weighted by molar-refractivity contribution is 7.89. The standard InChI is InChI=1S/C13H19N3O2S/c1-13(2,7-4-8-14)10-16-11-5-3-6-12(9-11)19(15,17)18/h3,5-6,9,16H,4,7,10H2,1-2H3,(H2,15,17,18). The highest BCUT2D eigenvalue weighted by atomic mass is 32.2. The summed E-state index contributed by atoms with van der Waals surface area (Å²) in [5, 5.41) is 16.8. The average molecular weight is 281 g/mol. The van der Waals surface area contributed by atoms with Crippen molar-refractivity contribution in [1.29, 1.82) is 5.26 Å². The van der Waals surface area contributed by atoms with Crippen LogP contribution in [0.4, 0.5) is 5.69 Å². The van der Waals surface area contributed by atoms with Crippen molar-refractivity contribution < 1.29 is 8.42 Å². The summed E-state index contributed by atoms with van der Waals surface area (Å²) in [5.74, 6) is 0. The summed E-state index contributed by atoms with van der Waals surface area (Å²) >= 11 is 0. The van der Waals surface area contributed by atoms with Crippen LogP contribution in [0.1, 0.15) is 26.7 Å². The van der Waals surface area contributed by atoms with E-state index in [2.05, 4.69) is 25.2 Å². The third-order valence-electron chi connectivity index (χ3n) is 2.85. The van der Waals surface area contributed by atoms with E-state index >= 15 is 0 Å². The fraction of sp³-hybridized carbons (Fsp3) is 0.462. The minimum Gasteiger partial charge on any atom is -0.384 e. The molecule has 1 rings (SSSR count). The molecule has 0 heterocycles. The average Bonchev–Trinajstić information content (AvgIpc) is 2.34. The molecule has 6 heteroatoms. The lowest BCUT2D eigenvalue weighted by atomic mass is 9.88. The third-order valence-corrected chi connectivity index (χ3v) is 3.76. The Morgan fingerprint density at radius 2 is 2.11 bits per heavy atom. The van der Waals surface area contributed by atoms with E-state index in [0.717, 1.165) is 6.42 Å². The number of rotatable bonds is 6. The molecule has 0 fully saturated rings. The maximum atomic E-state index is 11.2. The van der Waals surface area contributed by atoms with Crippen molar-refractivity contribution in [3.63, 3.8) is 0 Å². The van der Waals surface area contributed by atoms with E-state index in [4.69, 9.17) is 10.4 Å². The molecular weight excluding hydrogens is 262 g/mol. The molecule has 0 aliphatic rings. The predicted octanol–water partition coefficient (Wildman–Crippen LogP) is 2.08. The van der Waals surface area contributed by atoms with Crippen LogP contribution in [-0.2, 0) is 10.0 Å². The molecule has 0 saturated carbocycles.